The molecule has 0 saturated heterocycles. The van der Waals surface area contributed by atoms with Gasteiger partial charge in [0.25, 0.3) is 0 Å². The van der Waals surface area contributed by atoms with Crippen LogP contribution in [0.4, 0.5) is 0 Å². The number of unbranched alkanes of at least 4 members (excludes halogenated alkanes) is 12. The molecule has 2 aromatic carbocycles. The van der Waals surface area contributed by atoms with Crippen LogP contribution < -0.4 is 0 Å². The summed E-state index contributed by atoms with van der Waals surface area (Å²) in [5, 5.41) is 22.1. The predicted molar refractivity (Wildman–Crippen MR) is 156 cm³/mol. The first-order valence-electron chi connectivity index (χ1n) is 15.2. The van der Waals surface area contributed by atoms with Crippen molar-refractivity contribution in [3.8, 4) is 11.5 Å². The Morgan fingerprint density at radius 2 is 0.889 bits per heavy atom. The highest BCUT2D eigenvalue weighted by molar-refractivity contribution is 5.52. The van der Waals surface area contributed by atoms with Gasteiger partial charge >= 0.3 is 0 Å². The standard InChI is InChI=1S/C34H54O2/c1-4-7-9-11-13-15-17-22-28-24-19-26-31(35)33(28)30(21-6-3)34-29(25-20-27-32(34)36)23-18-16-14-12-10-8-5-2/h19-20,24-27,30,35-36H,4-18,21-23H2,1-3H3. The van der Waals surface area contributed by atoms with Crippen LogP contribution >= 0.6 is 0 Å². The highest BCUT2D eigenvalue weighted by atomic mass is 16.3. The average molecular weight is 495 g/mol. The van der Waals surface area contributed by atoms with E-state index in [0.717, 1.165) is 49.7 Å². The summed E-state index contributed by atoms with van der Waals surface area (Å²) in [6.45, 7) is 6.74. The number of rotatable bonds is 20. The van der Waals surface area contributed by atoms with Gasteiger partial charge in [-0.3, -0.25) is 0 Å². The summed E-state index contributed by atoms with van der Waals surface area (Å²) in [5.41, 5.74) is 4.61. The SMILES string of the molecule is CCCCCCCCCc1cccc(O)c1C(CCC)c1c(O)cccc1CCCCCCCCC. The molecule has 0 radical (unpaired) electrons. The van der Waals surface area contributed by atoms with Gasteiger partial charge in [0.2, 0.25) is 0 Å². The first-order chi connectivity index (χ1) is 17.6. The summed E-state index contributed by atoms with van der Waals surface area (Å²) in [4.78, 5) is 0. The molecule has 2 heteroatoms. The molecule has 2 rings (SSSR count). The van der Waals surface area contributed by atoms with Crippen LogP contribution in [-0.2, 0) is 12.8 Å². The van der Waals surface area contributed by atoms with Crippen molar-refractivity contribution in [1.29, 1.82) is 0 Å². The lowest BCUT2D eigenvalue weighted by Crippen LogP contribution is -2.09. The monoisotopic (exact) mass is 494 g/mol. The largest absolute Gasteiger partial charge is 0.508 e. The van der Waals surface area contributed by atoms with Gasteiger partial charge in [0.15, 0.2) is 0 Å². The zero-order valence-corrected chi connectivity index (χ0v) is 23.7. The Morgan fingerprint density at radius 1 is 0.500 bits per heavy atom. The van der Waals surface area contributed by atoms with Gasteiger partial charge in [-0.05, 0) is 55.4 Å². The molecule has 0 spiro atoms. The van der Waals surface area contributed by atoms with Gasteiger partial charge in [0.05, 0.1) is 0 Å². The number of phenols is 2. The molecular formula is C34H54O2. The quantitative estimate of drug-likeness (QED) is 0.180. The normalized spacial score (nSPS) is 11.4. The summed E-state index contributed by atoms with van der Waals surface area (Å²) in [6.07, 6.45) is 22.0. The molecule has 0 aliphatic carbocycles. The fourth-order valence-electron chi connectivity index (χ4n) is 5.71. The second kappa shape index (κ2) is 18.3. The summed E-state index contributed by atoms with van der Waals surface area (Å²) >= 11 is 0. The van der Waals surface area contributed by atoms with Crippen LogP contribution in [-0.4, -0.2) is 10.2 Å². The molecule has 2 N–H and O–H groups in total. The lowest BCUT2D eigenvalue weighted by Gasteiger charge is -2.25. The minimum Gasteiger partial charge on any atom is -0.508 e. The molecular weight excluding hydrogens is 440 g/mol. The minimum absolute atomic E-state index is 0.0384. The van der Waals surface area contributed by atoms with Gasteiger partial charge in [-0.25, -0.2) is 0 Å². The fourth-order valence-corrected chi connectivity index (χ4v) is 5.71. The Labute approximate surface area is 222 Å². The molecule has 0 atom stereocenters. The molecule has 36 heavy (non-hydrogen) atoms. The van der Waals surface area contributed by atoms with Gasteiger partial charge in [0, 0.05) is 17.0 Å². The third-order valence-corrected chi connectivity index (χ3v) is 7.72. The van der Waals surface area contributed by atoms with E-state index in [1.165, 1.54) is 88.2 Å². The Kier molecular flexibility index (Phi) is 15.4. The minimum atomic E-state index is 0.0384. The lowest BCUT2D eigenvalue weighted by molar-refractivity contribution is 0.447. The summed E-state index contributed by atoms with van der Waals surface area (Å²) < 4.78 is 0. The molecule has 0 fully saturated rings. The highest BCUT2D eigenvalue weighted by Gasteiger charge is 2.25. The Balaban J connectivity index is 2.16. The van der Waals surface area contributed by atoms with Crippen LogP contribution in [0.25, 0.3) is 0 Å². The number of hydrogen-bond acceptors (Lipinski definition) is 2. The van der Waals surface area contributed by atoms with E-state index in [9.17, 15) is 10.2 Å². The van der Waals surface area contributed by atoms with Crippen LogP contribution in [0.1, 0.15) is 152 Å². The van der Waals surface area contributed by atoms with E-state index in [-0.39, 0.29) is 5.92 Å². The van der Waals surface area contributed by atoms with Crippen molar-refractivity contribution in [3.63, 3.8) is 0 Å². The van der Waals surface area contributed by atoms with Crippen LogP contribution in [0.3, 0.4) is 0 Å². The maximum absolute atomic E-state index is 11.1. The van der Waals surface area contributed by atoms with Crippen molar-refractivity contribution in [2.24, 2.45) is 0 Å². The van der Waals surface area contributed by atoms with E-state index in [4.69, 9.17) is 0 Å². The van der Waals surface area contributed by atoms with Crippen LogP contribution in [0.5, 0.6) is 11.5 Å². The Hall–Kier alpha value is -1.96. The van der Waals surface area contributed by atoms with Gasteiger partial charge in [0.1, 0.15) is 11.5 Å². The van der Waals surface area contributed by atoms with E-state index in [1.807, 2.05) is 24.3 Å². The number of aryl methyl sites for hydroxylation is 2. The maximum atomic E-state index is 11.1. The van der Waals surface area contributed by atoms with Crippen molar-refractivity contribution in [3.05, 3.63) is 58.7 Å². The zero-order chi connectivity index (χ0) is 26.0. The first kappa shape index (κ1) is 30.3. The third-order valence-electron chi connectivity index (χ3n) is 7.72. The Bertz CT molecular complexity index is 774. The van der Waals surface area contributed by atoms with E-state index in [0.29, 0.717) is 11.5 Å². The van der Waals surface area contributed by atoms with E-state index >= 15 is 0 Å². The van der Waals surface area contributed by atoms with Gasteiger partial charge in [-0.2, -0.15) is 0 Å². The molecule has 0 unspecified atom stereocenters. The van der Waals surface area contributed by atoms with Crippen molar-refractivity contribution in [2.75, 3.05) is 0 Å². The van der Waals surface area contributed by atoms with Crippen molar-refractivity contribution in [1.82, 2.24) is 0 Å². The summed E-state index contributed by atoms with van der Waals surface area (Å²) in [7, 11) is 0. The number of aromatic hydroxyl groups is 2. The van der Waals surface area contributed by atoms with Crippen molar-refractivity contribution >= 4 is 0 Å². The average Bonchev–Trinajstić information content (AvgIpc) is 2.87. The molecule has 0 aliphatic rings. The summed E-state index contributed by atoms with van der Waals surface area (Å²) in [6, 6.07) is 12.0. The smallest absolute Gasteiger partial charge is 0.119 e. The molecule has 0 bridgehead atoms. The molecule has 0 aromatic heterocycles. The van der Waals surface area contributed by atoms with Crippen LogP contribution in [0.15, 0.2) is 36.4 Å². The lowest BCUT2D eigenvalue weighted by atomic mass is 9.80. The summed E-state index contributed by atoms with van der Waals surface area (Å²) in [5.74, 6) is 0.814. The van der Waals surface area contributed by atoms with Gasteiger partial charge < -0.3 is 10.2 Å². The molecule has 0 amide bonds. The molecule has 2 aromatic rings. The van der Waals surface area contributed by atoms with E-state index < -0.39 is 0 Å². The van der Waals surface area contributed by atoms with E-state index in [1.54, 1.807) is 0 Å². The second-order valence-electron chi connectivity index (χ2n) is 10.8. The molecule has 0 saturated carbocycles. The van der Waals surface area contributed by atoms with E-state index in [2.05, 4.69) is 32.9 Å². The third kappa shape index (κ3) is 10.2. The second-order valence-corrected chi connectivity index (χ2v) is 10.8. The van der Waals surface area contributed by atoms with Gasteiger partial charge in [-0.1, -0.05) is 129 Å². The van der Waals surface area contributed by atoms with Crippen molar-refractivity contribution < 1.29 is 10.2 Å². The molecule has 0 aliphatic heterocycles. The Morgan fingerprint density at radius 3 is 1.28 bits per heavy atom. The predicted octanol–water partition coefficient (Wildman–Crippen LogP) is 10.6. The first-order valence-corrected chi connectivity index (χ1v) is 15.2. The zero-order valence-electron chi connectivity index (χ0n) is 23.7. The van der Waals surface area contributed by atoms with Gasteiger partial charge in [-0.15, -0.1) is 0 Å². The molecule has 0 heterocycles. The number of phenolic OH excluding ortho intramolecular Hbond substituents is 2. The highest BCUT2D eigenvalue weighted by Crippen LogP contribution is 2.43. The number of benzene rings is 2. The fraction of sp³-hybridized carbons (Fsp3) is 0.647. The van der Waals surface area contributed by atoms with Crippen LogP contribution in [0, 0.1) is 0 Å². The van der Waals surface area contributed by atoms with Crippen molar-refractivity contribution in [2.45, 2.75) is 142 Å². The van der Waals surface area contributed by atoms with Crippen LogP contribution in [0.2, 0.25) is 0 Å². The maximum Gasteiger partial charge on any atom is 0.119 e. The molecule has 202 valence electrons. The topological polar surface area (TPSA) is 40.5 Å². The molecule has 2 nitrogen and oxygen atoms in total. The number of hydrogen-bond donors (Lipinski definition) is 2.